The van der Waals surface area contributed by atoms with Gasteiger partial charge in [-0.05, 0) is 38.5 Å². The van der Waals surface area contributed by atoms with Gasteiger partial charge in [0.05, 0.1) is 6.04 Å². The standard InChI is InChI=1S/C24H48N2O/c1-3-5-7-8-9-10-11-12-13-14-15-16-17-18-19-20-22-26-24(27)23(25)21-6-4-2/h12-13,23H,3-11,14-22,25H2,1-2H3,(H,26,27)/b13-12-/t23-/m0/s1. The highest BCUT2D eigenvalue weighted by Gasteiger charge is 2.11. The topological polar surface area (TPSA) is 55.1 Å². The number of hydrogen-bond acceptors (Lipinski definition) is 2. The molecule has 27 heavy (non-hydrogen) atoms. The first-order valence-corrected chi connectivity index (χ1v) is 11.9. The van der Waals surface area contributed by atoms with E-state index in [9.17, 15) is 4.79 Å². The van der Waals surface area contributed by atoms with Gasteiger partial charge in [-0.15, -0.1) is 0 Å². The Morgan fingerprint density at radius 1 is 0.741 bits per heavy atom. The molecule has 0 radical (unpaired) electrons. The predicted octanol–water partition coefficient (Wildman–Crippen LogP) is 6.66. The van der Waals surface area contributed by atoms with Gasteiger partial charge in [-0.3, -0.25) is 4.79 Å². The molecule has 0 aliphatic rings. The minimum atomic E-state index is -0.320. The molecule has 0 saturated heterocycles. The van der Waals surface area contributed by atoms with Crippen LogP contribution in [0.15, 0.2) is 12.2 Å². The lowest BCUT2D eigenvalue weighted by atomic mass is 10.1. The predicted molar refractivity (Wildman–Crippen MR) is 120 cm³/mol. The lowest BCUT2D eigenvalue weighted by molar-refractivity contribution is -0.122. The van der Waals surface area contributed by atoms with E-state index in [1.807, 2.05) is 0 Å². The van der Waals surface area contributed by atoms with Crippen molar-refractivity contribution in [3.63, 3.8) is 0 Å². The second kappa shape index (κ2) is 21.5. The zero-order chi connectivity index (χ0) is 20.0. The molecule has 1 amide bonds. The third-order valence-electron chi connectivity index (χ3n) is 5.19. The number of carbonyl (C=O) groups is 1. The van der Waals surface area contributed by atoms with E-state index in [1.165, 1.54) is 83.5 Å². The molecule has 0 bridgehead atoms. The van der Waals surface area contributed by atoms with Gasteiger partial charge in [0.2, 0.25) is 5.91 Å². The number of hydrogen-bond donors (Lipinski definition) is 2. The summed E-state index contributed by atoms with van der Waals surface area (Å²) in [6, 6.07) is -0.320. The number of rotatable bonds is 20. The summed E-state index contributed by atoms with van der Waals surface area (Å²) in [7, 11) is 0. The minimum absolute atomic E-state index is 0.0243. The summed E-state index contributed by atoms with van der Waals surface area (Å²) in [5, 5.41) is 2.97. The van der Waals surface area contributed by atoms with E-state index in [-0.39, 0.29) is 11.9 Å². The fraction of sp³-hybridized carbons (Fsp3) is 0.875. The van der Waals surface area contributed by atoms with Crippen molar-refractivity contribution >= 4 is 5.91 Å². The summed E-state index contributed by atoms with van der Waals surface area (Å²) >= 11 is 0. The molecule has 0 aromatic heterocycles. The summed E-state index contributed by atoms with van der Waals surface area (Å²) < 4.78 is 0. The van der Waals surface area contributed by atoms with E-state index >= 15 is 0 Å². The van der Waals surface area contributed by atoms with Crippen LogP contribution in [0.3, 0.4) is 0 Å². The monoisotopic (exact) mass is 380 g/mol. The Hall–Kier alpha value is -0.830. The molecule has 0 fully saturated rings. The molecule has 3 heteroatoms. The summed E-state index contributed by atoms with van der Waals surface area (Å²) in [6.45, 7) is 5.17. The maximum absolute atomic E-state index is 11.8. The average molecular weight is 381 g/mol. The van der Waals surface area contributed by atoms with Gasteiger partial charge in [0.25, 0.3) is 0 Å². The van der Waals surface area contributed by atoms with Crippen LogP contribution in [0.4, 0.5) is 0 Å². The molecule has 3 nitrogen and oxygen atoms in total. The number of nitrogens with one attached hydrogen (secondary N) is 1. The van der Waals surface area contributed by atoms with Crippen LogP contribution in [0, 0.1) is 0 Å². The van der Waals surface area contributed by atoms with Crippen LogP contribution >= 0.6 is 0 Å². The van der Waals surface area contributed by atoms with Gasteiger partial charge in [-0.2, -0.15) is 0 Å². The van der Waals surface area contributed by atoms with E-state index in [4.69, 9.17) is 5.73 Å². The third-order valence-corrected chi connectivity index (χ3v) is 5.19. The molecule has 0 aliphatic carbocycles. The molecule has 0 spiro atoms. The molecule has 0 heterocycles. The lowest BCUT2D eigenvalue weighted by Gasteiger charge is -2.11. The number of unbranched alkanes of at least 4 members (excludes halogenated alkanes) is 13. The Morgan fingerprint density at radius 3 is 1.78 bits per heavy atom. The summed E-state index contributed by atoms with van der Waals surface area (Å²) in [6.07, 6.45) is 26.0. The molecule has 3 N–H and O–H groups in total. The lowest BCUT2D eigenvalue weighted by Crippen LogP contribution is -2.40. The van der Waals surface area contributed by atoms with E-state index in [1.54, 1.807) is 0 Å². The molecular formula is C24H48N2O. The van der Waals surface area contributed by atoms with Gasteiger partial charge in [0.15, 0.2) is 0 Å². The SMILES string of the molecule is CCCCCCCC/C=C\CCCCCCCCNC(=O)[C@@H](N)CCCC. The summed E-state index contributed by atoms with van der Waals surface area (Å²) in [4.78, 5) is 11.8. The highest BCUT2D eigenvalue weighted by atomic mass is 16.2. The Balaban J connectivity index is 3.24. The molecule has 0 unspecified atom stereocenters. The van der Waals surface area contributed by atoms with Gasteiger partial charge in [-0.1, -0.05) is 96.6 Å². The zero-order valence-electron chi connectivity index (χ0n) is 18.4. The summed E-state index contributed by atoms with van der Waals surface area (Å²) in [5.41, 5.74) is 5.86. The smallest absolute Gasteiger partial charge is 0.236 e. The van der Waals surface area contributed by atoms with E-state index in [2.05, 4.69) is 31.3 Å². The van der Waals surface area contributed by atoms with Crippen molar-refractivity contribution in [2.24, 2.45) is 5.73 Å². The van der Waals surface area contributed by atoms with E-state index in [0.29, 0.717) is 0 Å². The van der Waals surface area contributed by atoms with E-state index in [0.717, 1.165) is 32.2 Å². The molecule has 0 aromatic carbocycles. The van der Waals surface area contributed by atoms with Crippen molar-refractivity contribution in [2.45, 2.75) is 129 Å². The van der Waals surface area contributed by atoms with Crippen molar-refractivity contribution in [1.29, 1.82) is 0 Å². The van der Waals surface area contributed by atoms with Crippen molar-refractivity contribution in [3.8, 4) is 0 Å². The highest BCUT2D eigenvalue weighted by Crippen LogP contribution is 2.09. The average Bonchev–Trinajstić information content (AvgIpc) is 2.68. The van der Waals surface area contributed by atoms with E-state index < -0.39 is 0 Å². The Labute approximate surface area is 169 Å². The first-order valence-electron chi connectivity index (χ1n) is 11.9. The first kappa shape index (κ1) is 26.2. The third kappa shape index (κ3) is 19.7. The molecule has 0 saturated carbocycles. The van der Waals surface area contributed by atoms with Crippen LogP contribution in [0.1, 0.15) is 123 Å². The van der Waals surface area contributed by atoms with Crippen molar-refractivity contribution in [2.75, 3.05) is 6.54 Å². The van der Waals surface area contributed by atoms with Crippen molar-refractivity contribution in [3.05, 3.63) is 12.2 Å². The number of amides is 1. The van der Waals surface area contributed by atoms with Crippen LogP contribution in [0.25, 0.3) is 0 Å². The van der Waals surface area contributed by atoms with Crippen LogP contribution in [0.5, 0.6) is 0 Å². The van der Waals surface area contributed by atoms with Crippen LogP contribution in [0.2, 0.25) is 0 Å². The normalized spacial score (nSPS) is 12.6. The maximum Gasteiger partial charge on any atom is 0.236 e. The van der Waals surface area contributed by atoms with Crippen LogP contribution in [-0.4, -0.2) is 18.5 Å². The molecule has 0 aromatic rings. The number of allylic oxidation sites excluding steroid dienone is 2. The van der Waals surface area contributed by atoms with Gasteiger partial charge in [0.1, 0.15) is 0 Å². The fourth-order valence-corrected chi connectivity index (χ4v) is 3.27. The van der Waals surface area contributed by atoms with Crippen molar-refractivity contribution in [1.82, 2.24) is 5.32 Å². The first-order chi connectivity index (χ1) is 13.2. The molecule has 160 valence electrons. The number of carbonyl (C=O) groups excluding carboxylic acids is 1. The fourth-order valence-electron chi connectivity index (χ4n) is 3.27. The van der Waals surface area contributed by atoms with Crippen LogP contribution in [-0.2, 0) is 4.79 Å². The number of nitrogens with two attached hydrogens (primary N) is 1. The molecular weight excluding hydrogens is 332 g/mol. The maximum atomic E-state index is 11.8. The van der Waals surface area contributed by atoms with Crippen molar-refractivity contribution < 1.29 is 4.79 Å². The molecule has 0 aliphatic heterocycles. The van der Waals surface area contributed by atoms with Gasteiger partial charge >= 0.3 is 0 Å². The second-order valence-electron chi connectivity index (χ2n) is 7.98. The zero-order valence-corrected chi connectivity index (χ0v) is 18.4. The van der Waals surface area contributed by atoms with Gasteiger partial charge in [-0.25, -0.2) is 0 Å². The Bertz CT molecular complexity index is 341. The minimum Gasteiger partial charge on any atom is -0.355 e. The van der Waals surface area contributed by atoms with Crippen LogP contribution < -0.4 is 11.1 Å². The Kier molecular flexibility index (Phi) is 20.8. The Morgan fingerprint density at radius 2 is 1.22 bits per heavy atom. The largest absolute Gasteiger partial charge is 0.355 e. The van der Waals surface area contributed by atoms with Gasteiger partial charge < -0.3 is 11.1 Å². The molecule has 1 atom stereocenters. The molecule has 0 rings (SSSR count). The second-order valence-corrected chi connectivity index (χ2v) is 7.98. The summed E-state index contributed by atoms with van der Waals surface area (Å²) in [5.74, 6) is 0.0243. The quantitative estimate of drug-likeness (QED) is 0.183. The van der Waals surface area contributed by atoms with Gasteiger partial charge in [0, 0.05) is 6.54 Å². The highest BCUT2D eigenvalue weighted by molar-refractivity contribution is 5.81.